The standard InChI is InChI=1S/C15H12FN3O/c1-10-8-17-19(9-10)13-6-7-14(20)18-15(13)11-2-4-12(16)5-3-11/h2-9H,1H3,(H,18,20). The Morgan fingerprint density at radius 2 is 1.90 bits per heavy atom. The summed E-state index contributed by atoms with van der Waals surface area (Å²) in [5.74, 6) is -0.316. The predicted octanol–water partition coefficient (Wildman–Crippen LogP) is 2.68. The molecule has 0 saturated heterocycles. The third-order valence-electron chi connectivity index (χ3n) is 2.99. The Hall–Kier alpha value is -2.69. The van der Waals surface area contributed by atoms with Gasteiger partial charge in [0.25, 0.3) is 0 Å². The Morgan fingerprint density at radius 3 is 2.55 bits per heavy atom. The number of benzene rings is 1. The van der Waals surface area contributed by atoms with E-state index in [0.29, 0.717) is 5.69 Å². The zero-order valence-corrected chi connectivity index (χ0v) is 10.8. The van der Waals surface area contributed by atoms with Crippen molar-refractivity contribution in [1.29, 1.82) is 0 Å². The van der Waals surface area contributed by atoms with Crippen molar-refractivity contribution in [2.75, 3.05) is 0 Å². The number of hydrogen-bond acceptors (Lipinski definition) is 2. The molecule has 3 aromatic rings. The van der Waals surface area contributed by atoms with Gasteiger partial charge in [-0.1, -0.05) is 0 Å². The van der Waals surface area contributed by atoms with E-state index >= 15 is 0 Å². The summed E-state index contributed by atoms with van der Waals surface area (Å²) in [6.45, 7) is 1.94. The lowest BCUT2D eigenvalue weighted by atomic mass is 10.1. The van der Waals surface area contributed by atoms with Gasteiger partial charge >= 0.3 is 0 Å². The highest BCUT2D eigenvalue weighted by Gasteiger charge is 2.09. The van der Waals surface area contributed by atoms with E-state index < -0.39 is 0 Å². The molecule has 1 aromatic carbocycles. The number of aromatic amines is 1. The Labute approximate surface area is 114 Å². The van der Waals surface area contributed by atoms with Crippen molar-refractivity contribution in [3.63, 3.8) is 0 Å². The van der Waals surface area contributed by atoms with E-state index in [-0.39, 0.29) is 11.4 Å². The summed E-state index contributed by atoms with van der Waals surface area (Å²) in [7, 11) is 0. The predicted molar refractivity (Wildman–Crippen MR) is 74.3 cm³/mol. The molecule has 0 atom stereocenters. The lowest BCUT2D eigenvalue weighted by molar-refractivity contribution is 0.628. The van der Waals surface area contributed by atoms with E-state index in [1.54, 1.807) is 29.1 Å². The highest BCUT2D eigenvalue weighted by atomic mass is 19.1. The average Bonchev–Trinajstić information content (AvgIpc) is 2.86. The van der Waals surface area contributed by atoms with Gasteiger partial charge in [0.2, 0.25) is 5.56 Å². The molecule has 0 fully saturated rings. The number of nitrogens with zero attached hydrogens (tertiary/aromatic N) is 2. The summed E-state index contributed by atoms with van der Waals surface area (Å²) in [4.78, 5) is 14.3. The average molecular weight is 269 g/mol. The van der Waals surface area contributed by atoms with E-state index in [2.05, 4.69) is 10.1 Å². The highest BCUT2D eigenvalue weighted by Crippen LogP contribution is 2.23. The van der Waals surface area contributed by atoms with Crippen LogP contribution in [0.25, 0.3) is 16.9 Å². The largest absolute Gasteiger partial charge is 0.320 e. The molecule has 0 amide bonds. The van der Waals surface area contributed by atoms with Gasteiger partial charge in [0.05, 0.1) is 17.6 Å². The summed E-state index contributed by atoms with van der Waals surface area (Å²) >= 11 is 0. The molecule has 0 unspecified atom stereocenters. The van der Waals surface area contributed by atoms with Crippen molar-refractivity contribution in [3.05, 3.63) is 70.5 Å². The topological polar surface area (TPSA) is 50.7 Å². The molecule has 0 spiro atoms. The second-order valence-electron chi connectivity index (χ2n) is 4.55. The van der Waals surface area contributed by atoms with Crippen LogP contribution in [0.4, 0.5) is 4.39 Å². The van der Waals surface area contributed by atoms with Crippen LogP contribution in [0.2, 0.25) is 0 Å². The molecule has 2 aromatic heterocycles. The number of nitrogens with one attached hydrogen (secondary N) is 1. The van der Waals surface area contributed by atoms with E-state index in [0.717, 1.165) is 16.8 Å². The molecule has 2 heterocycles. The molecule has 1 N–H and O–H groups in total. The van der Waals surface area contributed by atoms with Gasteiger partial charge in [0, 0.05) is 17.8 Å². The van der Waals surface area contributed by atoms with Crippen molar-refractivity contribution in [1.82, 2.24) is 14.8 Å². The molecule has 0 aliphatic carbocycles. The SMILES string of the molecule is Cc1cnn(-c2ccc(=O)[nH]c2-c2ccc(F)cc2)c1. The molecule has 5 heteroatoms. The minimum Gasteiger partial charge on any atom is -0.320 e. The molecule has 0 radical (unpaired) electrons. The number of H-pyrrole nitrogens is 1. The normalized spacial score (nSPS) is 10.7. The number of rotatable bonds is 2. The molecule has 0 aliphatic rings. The summed E-state index contributed by atoms with van der Waals surface area (Å²) in [6.07, 6.45) is 3.60. The number of halogens is 1. The molecule has 0 saturated carbocycles. The number of aryl methyl sites for hydroxylation is 1. The fourth-order valence-corrected chi connectivity index (χ4v) is 2.04. The second kappa shape index (κ2) is 4.77. The van der Waals surface area contributed by atoms with Gasteiger partial charge in [-0.15, -0.1) is 0 Å². The third kappa shape index (κ3) is 2.25. The first kappa shape index (κ1) is 12.3. The van der Waals surface area contributed by atoms with Crippen molar-refractivity contribution in [2.24, 2.45) is 0 Å². The van der Waals surface area contributed by atoms with Gasteiger partial charge in [-0.3, -0.25) is 4.79 Å². The van der Waals surface area contributed by atoms with Crippen LogP contribution in [0.1, 0.15) is 5.56 Å². The number of aromatic nitrogens is 3. The van der Waals surface area contributed by atoms with Crippen LogP contribution in [0.15, 0.2) is 53.6 Å². The first-order chi connectivity index (χ1) is 9.63. The van der Waals surface area contributed by atoms with E-state index in [1.807, 2.05) is 13.1 Å². The minimum atomic E-state index is -0.316. The smallest absolute Gasteiger partial charge is 0.248 e. The molecule has 0 aliphatic heterocycles. The van der Waals surface area contributed by atoms with E-state index in [9.17, 15) is 9.18 Å². The maximum absolute atomic E-state index is 13.0. The monoisotopic (exact) mass is 269 g/mol. The molecule has 20 heavy (non-hydrogen) atoms. The van der Waals surface area contributed by atoms with Crippen LogP contribution in [-0.2, 0) is 0 Å². The van der Waals surface area contributed by atoms with Crippen LogP contribution < -0.4 is 5.56 Å². The summed E-state index contributed by atoms with van der Waals surface area (Å²) < 4.78 is 14.7. The molecule has 4 nitrogen and oxygen atoms in total. The van der Waals surface area contributed by atoms with E-state index in [1.165, 1.54) is 18.2 Å². The summed E-state index contributed by atoms with van der Waals surface area (Å²) in [6, 6.07) is 9.11. The van der Waals surface area contributed by atoms with Gasteiger partial charge in [0.1, 0.15) is 5.82 Å². The van der Waals surface area contributed by atoms with Crippen LogP contribution in [0.5, 0.6) is 0 Å². The fourth-order valence-electron chi connectivity index (χ4n) is 2.04. The van der Waals surface area contributed by atoms with Crippen LogP contribution >= 0.6 is 0 Å². The number of pyridine rings is 1. The maximum atomic E-state index is 13.0. The van der Waals surface area contributed by atoms with Gasteiger partial charge < -0.3 is 4.98 Å². The third-order valence-corrected chi connectivity index (χ3v) is 2.99. The van der Waals surface area contributed by atoms with Crippen LogP contribution in [0, 0.1) is 12.7 Å². The zero-order valence-electron chi connectivity index (χ0n) is 10.8. The first-order valence-corrected chi connectivity index (χ1v) is 6.14. The zero-order chi connectivity index (χ0) is 14.1. The molecule has 3 rings (SSSR count). The summed E-state index contributed by atoms with van der Waals surface area (Å²) in [5, 5.41) is 4.24. The van der Waals surface area contributed by atoms with Crippen molar-refractivity contribution in [2.45, 2.75) is 6.92 Å². The van der Waals surface area contributed by atoms with Crippen molar-refractivity contribution >= 4 is 0 Å². The first-order valence-electron chi connectivity index (χ1n) is 6.14. The summed E-state index contributed by atoms with van der Waals surface area (Å²) in [5.41, 5.74) is 2.88. The Balaban J connectivity index is 2.21. The molecular weight excluding hydrogens is 257 g/mol. The molecular formula is C15H12FN3O. The van der Waals surface area contributed by atoms with Gasteiger partial charge in [-0.25, -0.2) is 9.07 Å². The molecule has 0 bridgehead atoms. The highest BCUT2D eigenvalue weighted by molar-refractivity contribution is 5.68. The van der Waals surface area contributed by atoms with Gasteiger partial charge in [-0.2, -0.15) is 5.10 Å². The van der Waals surface area contributed by atoms with Gasteiger partial charge in [-0.05, 0) is 42.8 Å². The van der Waals surface area contributed by atoms with Crippen molar-refractivity contribution in [3.8, 4) is 16.9 Å². The Bertz CT molecular complexity index is 802. The Kier molecular flexibility index (Phi) is 2.95. The fraction of sp³-hybridized carbons (Fsp3) is 0.0667. The van der Waals surface area contributed by atoms with E-state index in [4.69, 9.17) is 0 Å². The van der Waals surface area contributed by atoms with Crippen LogP contribution in [0.3, 0.4) is 0 Å². The van der Waals surface area contributed by atoms with Crippen molar-refractivity contribution < 1.29 is 4.39 Å². The second-order valence-corrected chi connectivity index (χ2v) is 4.55. The van der Waals surface area contributed by atoms with Gasteiger partial charge in [0.15, 0.2) is 0 Å². The maximum Gasteiger partial charge on any atom is 0.248 e. The number of hydrogen-bond donors (Lipinski definition) is 1. The minimum absolute atomic E-state index is 0.211. The Morgan fingerprint density at radius 1 is 1.15 bits per heavy atom. The van der Waals surface area contributed by atoms with Crippen LogP contribution in [-0.4, -0.2) is 14.8 Å². The lowest BCUT2D eigenvalue weighted by Crippen LogP contribution is -2.09. The quantitative estimate of drug-likeness (QED) is 0.777. The lowest BCUT2D eigenvalue weighted by Gasteiger charge is -2.09. The molecule has 100 valence electrons.